The Balaban J connectivity index is 2.18. The Labute approximate surface area is 113 Å². The summed E-state index contributed by atoms with van der Waals surface area (Å²) in [5.74, 6) is 0.0208. The van der Waals surface area contributed by atoms with Crippen LogP contribution >= 0.6 is 22.9 Å². The van der Waals surface area contributed by atoms with Gasteiger partial charge in [-0.2, -0.15) is 0 Å². The van der Waals surface area contributed by atoms with Crippen molar-refractivity contribution >= 4 is 39.6 Å². The zero-order chi connectivity index (χ0) is 12.7. The molecule has 0 radical (unpaired) electrons. The molecular weight excluding hydrogens is 266 g/mol. The summed E-state index contributed by atoms with van der Waals surface area (Å²) in [4.78, 5) is 16.2. The summed E-state index contributed by atoms with van der Waals surface area (Å²) < 4.78 is 0.634. The second-order valence-corrected chi connectivity index (χ2v) is 5.85. The molecule has 18 heavy (non-hydrogen) atoms. The van der Waals surface area contributed by atoms with Gasteiger partial charge < -0.3 is 4.98 Å². The van der Waals surface area contributed by atoms with Crippen molar-refractivity contribution in [2.24, 2.45) is 0 Å². The van der Waals surface area contributed by atoms with Crippen molar-refractivity contribution < 1.29 is 4.79 Å². The minimum atomic E-state index is 0.0208. The molecule has 0 aliphatic rings. The second-order valence-electron chi connectivity index (χ2n) is 4.13. The lowest BCUT2D eigenvalue weighted by molar-refractivity contribution is 0.104. The number of hydrogen-bond donors (Lipinski definition) is 1. The summed E-state index contributed by atoms with van der Waals surface area (Å²) in [7, 11) is 0. The smallest absolute Gasteiger partial charge is 0.205 e. The predicted molar refractivity (Wildman–Crippen MR) is 75.8 cm³/mol. The molecular formula is C14H10ClNOS. The summed E-state index contributed by atoms with van der Waals surface area (Å²) in [5, 5.41) is 0.993. The highest BCUT2D eigenvalue weighted by atomic mass is 35.5. The molecule has 0 amide bonds. The minimum Gasteiger partial charge on any atom is -0.360 e. The van der Waals surface area contributed by atoms with E-state index in [0.29, 0.717) is 14.8 Å². The molecule has 3 rings (SSSR count). The molecule has 2 heterocycles. The van der Waals surface area contributed by atoms with E-state index in [0.717, 1.165) is 16.5 Å². The number of ketones is 1. The summed E-state index contributed by atoms with van der Waals surface area (Å²) >= 11 is 7.18. The standard InChI is InChI=1S/C14H10ClNOS/c1-8-3-2-4-10-13(8)9(7-16-10)14(17)11-5-6-12(15)18-11/h2-7,16H,1H3. The zero-order valence-electron chi connectivity index (χ0n) is 9.66. The van der Waals surface area contributed by atoms with E-state index in [-0.39, 0.29) is 5.78 Å². The van der Waals surface area contributed by atoms with Crippen LogP contribution in [0.15, 0.2) is 36.5 Å². The number of aryl methyl sites for hydroxylation is 1. The maximum Gasteiger partial charge on any atom is 0.205 e. The van der Waals surface area contributed by atoms with Crippen molar-refractivity contribution in [3.05, 3.63) is 56.9 Å². The van der Waals surface area contributed by atoms with Crippen molar-refractivity contribution in [2.75, 3.05) is 0 Å². The maximum atomic E-state index is 12.4. The number of rotatable bonds is 2. The number of aromatic amines is 1. The van der Waals surface area contributed by atoms with E-state index in [2.05, 4.69) is 4.98 Å². The SMILES string of the molecule is Cc1cccc2[nH]cc(C(=O)c3ccc(Cl)s3)c12. The van der Waals surface area contributed by atoms with E-state index < -0.39 is 0 Å². The lowest BCUT2D eigenvalue weighted by atomic mass is 10.0. The van der Waals surface area contributed by atoms with Gasteiger partial charge in [0.2, 0.25) is 5.78 Å². The molecule has 0 aliphatic carbocycles. The molecule has 0 spiro atoms. The summed E-state index contributed by atoms with van der Waals surface area (Å²) in [6.07, 6.45) is 1.77. The number of benzene rings is 1. The third-order valence-electron chi connectivity index (χ3n) is 2.96. The first-order valence-corrected chi connectivity index (χ1v) is 6.73. The van der Waals surface area contributed by atoms with Gasteiger partial charge in [0.05, 0.1) is 9.21 Å². The van der Waals surface area contributed by atoms with Gasteiger partial charge >= 0.3 is 0 Å². The van der Waals surface area contributed by atoms with Gasteiger partial charge in [-0.05, 0) is 30.7 Å². The maximum absolute atomic E-state index is 12.4. The molecule has 2 nitrogen and oxygen atoms in total. The highest BCUT2D eigenvalue weighted by molar-refractivity contribution is 7.18. The third kappa shape index (κ3) is 1.76. The van der Waals surface area contributed by atoms with Crippen LogP contribution in [0.25, 0.3) is 10.9 Å². The number of H-pyrrole nitrogens is 1. The van der Waals surface area contributed by atoms with Gasteiger partial charge in [-0.25, -0.2) is 0 Å². The fourth-order valence-electron chi connectivity index (χ4n) is 2.12. The molecule has 3 aromatic rings. The van der Waals surface area contributed by atoms with E-state index in [1.807, 2.05) is 25.1 Å². The van der Waals surface area contributed by atoms with Gasteiger partial charge in [-0.3, -0.25) is 4.79 Å². The van der Waals surface area contributed by atoms with E-state index >= 15 is 0 Å². The summed E-state index contributed by atoms with van der Waals surface area (Å²) in [6.45, 7) is 2.01. The number of carbonyl (C=O) groups excluding carboxylic acids is 1. The number of hydrogen-bond acceptors (Lipinski definition) is 2. The van der Waals surface area contributed by atoms with E-state index in [1.165, 1.54) is 11.3 Å². The lowest BCUT2D eigenvalue weighted by Gasteiger charge is -1.99. The van der Waals surface area contributed by atoms with Gasteiger partial charge in [-0.15, -0.1) is 11.3 Å². The summed E-state index contributed by atoms with van der Waals surface area (Å²) in [5.41, 5.74) is 2.79. The summed E-state index contributed by atoms with van der Waals surface area (Å²) in [6, 6.07) is 9.48. The fraction of sp³-hybridized carbons (Fsp3) is 0.0714. The predicted octanol–water partition coefficient (Wildman–Crippen LogP) is 4.42. The first kappa shape index (κ1) is 11.5. The molecule has 0 aliphatic heterocycles. The molecule has 1 aromatic carbocycles. The minimum absolute atomic E-state index is 0.0208. The van der Waals surface area contributed by atoms with Gasteiger partial charge in [0.1, 0.15) is 0 Å². The van der Waals surface area contributed by atoms with Crippen LogP contribution in [0.1, 0.15) is 20.8 Å². The molecule has 4 heteroatoms. The molecule has 0 saturated carbocycles. The van der Waals surface area contributed by atoms with Crippen LogP contribution < -0.4 is 0 Å². The van der Waals surface area contributed by atoms with Crippen molar-refractivity contribution in [2.45, 2.75) is 6.92 Å². The van der Waals surface area contributed by atoms with Crippen LogP contribution in [0.3, 0.4) is 0 Å². The fourth-order valence-corrected chi connectivity index (χ4v) is 3.11. The van der Waals surface area contributed by atoms with E-state index in [1.54, 1.807) is 18.3 Å². The average Bonchev–Trinajstić information content (AvgIpc) is 2.95. The third-order valence-corrected chi connectivity index (χ3v) is 4.19. The van der Waals surface area contributed by atoms with Crippen molar-refractivity contribution in [1.29, 1.82) is 0 Å². The lowest BCUT2D eigenvalue weighted by Crippen LogP contribution is -1.97. The number of nitrogens with one attached hydrogen (secondary N) is 1. The van der Waals surface area contributed by atoms with Crippen LogP contribution in [-0.2, 0) is 0 Å². The number of halogens is 1. The Morgan fingerprint density at radius 2 is 2.11 bits per heavy atom. The van der Waals surface area contributed by atoms with Gasteiger partial charge in [0, 0.05) is 22.7 Å². The quantitative estimate of drug-likeness (QED) is 0.690. The number of fused-ring (bicyclic) bond motifs is 1. The monoisotopic (exact) mass is 275 g/mol. The molecule has 0 unspecified atom stereocenters. The van der Waals surface area contributed by atoms with Crippen molar-refractivity contribution in [1.82, 2.24) is 4.98 Å². The molecule has 90 valence electrons. The topological polar surface area (TPSA) is 32.9 Å². The normalized spacial score (nSPS) is 11.0. The highest BCUT2D eigenvalue weighted by Crippen LogP contribution is 2.28. The number of carbonyl (C=O) groups is 1. The van der Waals surface area contributed by atoms with Crippen molar-refractivity contribution in [3.63, 3.8) is 0 Å². The molecule has 0 bridgehead atoms. The van der Waals surface area contributed by atoms with Crippen molar-refractivity contribution in [3.8, 4) is 0 Å². The Morgan fingerprint density at radius 3 is 2.83 bits per heavy atom. The first-order valence-electron chi connectivity index (χ1n) is 5.53. The van der Waals surface area contributed by atoms with E-state index in [9.17, 15) is 4.79 Å². The van der Waals surface area contributed by atoms with Gasteiger partial charge in [0.25, 0.3) is 0 Å². The van der Waals surface area contributed by atoms with Crippen LogP contribution in [-0.4, -0.2) is 10.8 Å². The van der Waals surface area contributed by atoms with Crippen LogP contribution in [0, 0.1) is 6.92 Å². The van der Waals surface area contributed by atoms with Crippen LogP contribution in [0.2, 0.25) is 4.34 Å². The first-order chi connectivity index (χ1) is 8.66. The number of aromatic nitrogens is 1. The average molecular weight is 276 g/mol. The van der Waals surface area contributed by atoms with E-state index in [4.69, 9.17) is 11.6 Å². The Hall–Kier alpha value is -1.58. The molecule has 0 atom stereocenters. The highest BCUT2D eigenvalue weighted by Gasteiger charge is 2.16. The molecule has 2 aromatic heterocycles. The molecule has 1 N–H and O–H groups in total. The Morgan fingerprint density at radius 1 is 1.28 bits per heavy atom. The largest absolute Gasteiger partial charge is 0.360 e. The second kappa shape index (κ2) is 4.26. The zero-order valence-corrected chi connectivity index (χ0v) is 11.2. The Kier molecular flexibility index (Phi) is 2.73. The molecule has 0 saturated heterocycles. The Bertz CT molecular complexity index is 741. The van der Waals surface area contributed by atoms with Gasteiger partial charge in [0.15, 0.2) is 0 Å². The van der Waals surface area contributed by atoms with Gasteiger partial charge in [-0.1, -0.05) is 23.7 Å². The molecule has 0 fully saturated rings. The van der Waals surface area contributed by atoms with Crippen LogP contribution in [0.4, 0.5) is 0 Å². The number of thiophene rings is 1. The van der Waals surface area contributed by atoms with Crippen LogP contribution in [0.5, 0.6) is 0 Å².